The number of likely N-dealkylation sites (N-methyl/N-ethyl adjacent to an activating group) is 1. The Morgan fingerprint density at radius 2 is 1.51 bits per heavy atom. The molecule has 0 spiro atoms. The molecule has 1 saturated carbocycles. The molecule has 0 bridgehead atoms. The van der Waals surface area contributed by atoms with Crippen molar-refractivity contribution in [3.05, 3.63) is 102 Å². The van der Waals surface area contributed by atoms with Gasteiger partial charge in [0.2, 0.25) is 5.91 Å². The highest BCUT2D eigenvalue weighted by Crippen LogP contribution is 2.38. The lowest BCUT2D eigenvalue weighted by atomic mass is 9.74. The number of nitrogens with one attached hydrogen (secondary N) is 1. The van der Waals surface area contributed by atoms with E-state index in [9.17, 15) is 14.7 Å². The van der Waals surface area contributed by atoms with E-state index in [1.54, 1.807) is 0 Å². The van der Waals surface area contributed by atoms with Gasteiger partial charge in [-0.05, 0) is 54.6 Å². The van der Waals surface area contributed by atoms with Crippen molar-refractivity contribution in [1.29, 1.82) is 0 Å². The Labute approximate surface area is 243 Å². The number of rotatable bonds is 8. The van der Waals surface area contributed by atoms with Crippen molar-refractivity contribution in [2.24, 2.45) is 5.92 Å². The van der Waals surface area contributed by atoms with E-state index >= 15 is 0 Å². The lowest BCUT2D eigenvalue weighted by Crippen LogP contribution is -2.51. The van der Waals surface area contributed by atoms with E-state index in [0.717, 1.165) is 74.2 Å². The van der Waals surface area contributed by atoms with Crippen LogP contribution in [-0.4, -0.2) is 66.7 Å². The molecule has 2 N–H and O–H groups in total. The summed E-state index contributed by atoms with van der Waals surface area (Å²) in [5.74, 6) is 0.00631. The Morgan fingerprint density at radius 3 is 2.17 bits per heavy atom. The summed E-state index contributed by atoms with van der Waals surface area (Å²) < 4.78 is 0. The van der Waals surface area contributed by atoms with Gasteiger partial charge in [0.05, 0.1) is 19.2 Å². The van der Waals surface area contributed by atoms with Gasteiger partial charge in [0.15, 0.2) is 0 Å². The Morgan fingerprint density at radius 1 is 0.878 bits per heavy atom. The number of nitrogens with zero attached hydrogens (tertiary/aromatic N) is 3. The average Bonchev–Trinajstić information content (AvgIpc) is 3.03. The number of piperazine rings is 1. The number of amides is 3. The predicted molar refractivity (Wildman–Crippen MR) is 163 cm³/mol. The van der Waals surface area contributed by atoms with Crippen molar-refractivity contribution in [1.82, 2.24) is 15.1 Å². The number of aliphatic hydroxyl groups is 1. The minimum absolute atomic E-state index is 0.00899. The second-order valence-corrected chi connectivity index (χ2v) is 11.4. The summed E-state index contributed by atoms with van der Waals surface area (Å²) in [5, 5.41) is 13.1. The van der Waals surface area contributed by atoms with Crippen LogP contribution in [0.4, 0.5) is 10.5 Å². The van der Waals surface area contributed by atoms with Crippen LogP contribution in [-0.2, 0) is 11.3 Å². The maximum absolute atomic E-state index is 13.6. The highest BCUT2D eigenvalue weighted by atomic mass is 16.3. The molecule has 1 aliphatic heterocycles. The number of aliphatic hydroxyl groups excluding tert-OH is 1. The van der Waals surface area contributed by atoms with E-state index in [-0.39, 0.29) is 30.4 Å². The summed E-state index contributed by atoms with van der Waals surface area (Å²) in [5.41, 5.74) is 4.02. The minimum atomic E-state index is -0.407. The topological polar surface area (TPSA) is 76.1 Å². The first-order valence-electron chi connectivity index (χ1n) is 14.9. The number of carbonyl (C=O) groups is 2. The summed E-state index contributed by atoms with van der Waals surface area (Å²) in [4.78, 5) is 33.2. The van der Waals surface area contributed by atoms with Crippen molar-refractivity contribution in [3.8, 4) is 0 Å². The molecule has 1 saturated heterocycles. The first-order chi connectivity index (χ1) is 20.0. The van der Waals surface area contributed by atoms with Crippen LogP contribution < -0.4 is 10.2 Å². The molecular formula is C34H42N4O3. The number of hydrogen-bond acceptors (Lipinski definition) is 4. The van der Waals surface area contributed by atoms with Gasteiger partial charge in [-0.15, -0.1) is 0 Å². The van der Waals surface area contributed by atoms with Gasteiger partial charge < -0.3 is 20.2 Å². The second-order valence-electron chi connectivity index (χ2n) is 11.4. The van der Waals surface area contributed by atoms with E-state index in [0.29, 0.717) is 6.54 Å². The summed E-state index contributed by atoms with van der Waals surface area (Å²) in [7, 11) is 2.09. The summed E-state index contributed by atoms with van der Waals surface area (Å²) in [6, 6.07) is 27.6. The fraction of sp³-hybridized carbons (Fsp3) is 0.412. The fourth-order valence-electron chi connectivity index (χ4n) is 6.14. The summed E-state index contributed by atoms with van der Waals surface area (Å²) >= 11 is 0. The zero-order valence-electron chi connectivity index (χ0n) is 24.0. The quantitative estimate of drug-likeness (QED) is 0.402. The van der Waals surface area contributed by atoms with Crippen molar-refractivity contribution in [2.75, 3.05) is 44.7 Å². The van der Waals surface area contributed by atoms with Gasteiger partial charge in [-0.1, -0.05) is 85.6 Å². The molecule has 3 aromatic carbocycles. The van der Waals surface area contributed by atoms with Gasteiger partial charge in [0.25, 0.3) is 0 Å². The van der Waals surface area contributed by atoms with Gasteiger partial charge in [-0.3, -0.25) is 9.69 Å². The molecule has 2 fully saturated rings. The van der Waals surface area contributed by atoms with Gasteiger partial charge in [0, 0.05) is 37.8 Å². The molecule has 1 heterocycles. The highest BCUT2D eigenvalue weighted by molar-refractivity contribution is 5.92. The van der Waals surface area contributed by atoms with Crippen LogP contribution in [0.15, 0.2) is 84.9 Å². The molecule has 3 amide bonds. The third kappa shape index (κ3) is 7.16. The van der Waals surface area contributed by atoms with Crippen LogP contribution in [0.2, 0.25) is 0 Å². The first-order valence-corrected chi connectivity index (χ1v) is 14.9. The SMILES string of the molecule is CN1CCN(C(=O)N(Cc2ccc([C@H]3CCCC[C@@H]3C(=O)N[C@@H](CO)c3ccccc3)cc2)c2ccccc2)CC1. The zero-order chi connectivity index (χ0) is 28.6. The van der Waals surface area contributed by atoms with Crippen LogP contribution >= 0.6 is 0 Å². The normalized spacial score (nSPS) is 20.3. The van der Waals surface area contributed by atoms with Crippen LogP contribution in [0.25, 0.3) is 0 Å². The smallest absolute Gasteiger partial charge is 0.324 e. The molecule has 3 atom stereocenters. The largest absolute Gasteiger partial charge is 0.394 e. The van der Waals surface area contributed by atoms with Crippen molar-refractivity contribution in [2.45, 2.75) is 44.2 Å². The van der Waals surface area contributed by atoms with Gasteiger partial charge in [-0.25, -0.2) is 4.79 Å². The van der Waals surface area contributed by atoms with E-state index in [2.05, 4.69) is 41.5 Å². The lowest BCUT2D eigenvalue weighted by Gasteiger charge is -2.36. The van der Waals surface area contributed by atoms with Gasteiger partial charge in [-0.2, -0.15) is 0 Å². The van der Waals surface area contributed by atoms with E-state index in [1.807, 2.05) is 70.5 Å². The number of carbonyl (C=O) groups excluding carboxylic acids is 2. The van der Waals surface area contributed by atoms with Crippen molar-refractivity contribution < 1.29 is 14.7 Å². The third-order valence-electron chi connectivity index (χ3n) is 8.62. The molecule has 41 heavy (non-hydrogen) atoms. The molecule has 0 radical (unpaired) electrons. The fourth-order valence-corrected chi connectivity index (χ4v) is 6.14. The molecular weight excluding hydrogens is 512 g/mol. The first kappa shape index (κ1) is 28.8. The van der Waals surface area contributed by atoms with Gasteiger partial charge in [0.1, 0.15) is 0 Å². The Kier molecular flexibility index (Phi) is 9.70. The van der Waals surface area contributed by atoms with Crippen molar-refractivity contribution in [3.63, 3.8) is 0 Å². The van der Waals surface area contributed by atoms with Crippen LogP contribution in [0.5, 0.6) is 0 Å². The molecule has 7 nitrogen and oxygen atoms in total. The number of urea groups is 1. The Balaban J connectivity index is 1.30. The lowest BCUT2D eigenvalue weighted by molar-refractivity contribution is -0.127. The molecule has 5 rings (SSSR count). The molecule has 0 aromatic heterocycles. The maximum atomic E-state index is 13.6. The number of para-hydroxylation sites is 1. The van der Waals surface area contributed by atoms with E-state index in [1.165, 1.54) is 0 Å². The third-order valence-corrected chi connectivity index (χ3v) is 8.62. The Bertz CT molecular complexity index is 1260. The number of hydrogen-bond donors (Lipinski definition) is 2. The molecule has 0 unspecified atom stereocenters. The number of benzene rings is 3. The highest BCUT2D eigenvalue weighted by Gasteiger charge is 2.33. The monoisotopic (exact) mass is 554 g/mol. The molecule has 2 aliphatic rings. The van der Waals surface area contributed by atoms with Crippen LogP contribution in [0, 0.1) is 5.92 Å². The molecule has 7 heteroatoms. The summed E-state index contributed by atoms with van der Waals surface area (Å²) in [6.07, 6.45) is 3.93. The maximum Gasteiger partial charge on any atom is 0.324 e. The standard InChI is InChI=1S/C34H42N4O3/c1-36-20-22-37(23-21-36)34(41)38(29-12-6-3-7-13-29)24-26-16-18-27(19-17-26)30-14-8-9-15-31(30)33(40)35-32(25-39)28-10-4-2-5-11-28/h2-7,10-13,16-19,30-32,39H,8-9,14-15,20-25H2,1H3,(H,35,40)/t30-,31+,32+/m1/s1. The average molecular weight is 555 g/mol. The molecule has 216 valence electrons. The predicted octanol–water partition coefficient (Wildman–Crippen LogP) is 5.18. The van der Waals surface area contributed by atoms with E-state index < -0.39 is 6.04 Å². The van der Waals surface area contributed by atoms with E-state index in [4.69, 9.17) is 0 Å². The van der Waals surface area contributed by atoms with Crippen LogP contribution in [0.3, 0.4) is 0 Å². The summed E-state index contributed by atoms with van der Waals surface area (Å²) in [6.45, 7) is 3.56. The Hall–Kier alpha value is -3.68. The minimum Gasteiger partial charge on any atom is -0.394 e. The number of anilines is 1. The molecule has 1 aliphatic carbocycles. The van der Waals surface area contributed by atoms with Crippen LogP contribution in [0.1, 0.15) is 54.3 Å². The second kappa shape index (κ2) is 13.8. The van der Waals surface area contributed by atoms with Gasteiger partial charge >= 0.3 is 6.03 Å². The molecule has 3 aromatic rings. The van der Waals surface area contributed by atoms with Crippen molar-refractivity contribution >= 4 is 17.6 Å². The zero-order valence-corrected chi connectivity index (χ0v) is 24.0.